The monoisotopic (exact) mass is 307 g/mol. The lowest BCUT2D eigenvalue weighted by Gasteiger charge is -2.09. The third-order valence-corrected chi connectivity index (χ3v) is 3.50. The molecule has 0 bridgehead atoms. The molecule has 0 atom stereocenters. The molecular formula is C13H13N3O4S. The van der Waals surface area contributed by atoms with Gasteiger partial charge in [-0.15, -0.1) is 11.3 Å². The fourth-order valence-electron chi connectivity index (χ4n) is 1.62. The molecule has 0 saturated carbocycles. The third kappa shape index (κ3) is 3.69. The van der Waals surface area contributed by atoms with Crippen LogP contribution in [-0.2, 0) is 6.54 Å². The molecule has 2 aromatic rings. The minimum absolute atomic E-state index is 0.0303. The Kier molecular flexibility index (Phi) is 4.39. The van der Waals surface area contributed by atoms with Crippen LogP contribution in [0.3, 0.4) is 0 Å². The summed E-state index contributed by atoms with van der Waals surface area (Å²) in [7, 11) is 0. The number of hydrogen-bond acceptors (Lipinski definition) is 5. The highest BCUT2D eigenvalue weighted by Gasteiger charge is 2.14. The first-order valence-corrected chi connectivity index (χ1v) is 6.80. The first kappa shape index (κ1) is 14.8. The van der Waals surface area contributed by atoms with E-state index in [1.54, 1.807) is 6.20 Å². The Balaban J connectivity index is 1.99. The summed E-state index contributed by atoms with van der Waals surface area (Å²) in [5.74, 6) is -1.75. The molecule has 0 aliphatic carbocycles. The van der Waals surface area contributed by atoms with Gasteiger partial charge in [0.2, 0.25) is 0 Å². The van der Waals surface area contributed by atoms with Gasteiger partial charge in [0.25, 0.3) is 0 Å². The van der Waals surface area contributed by atoms with Crippen LogP contribution < -0.4 is 10.6 Å². The topological polar surface area (TPSA) is 112 Å². The second-order valence-corrected chi connectivity index (χ2v) is 5.50. The highest BCUT2D eigenvalue weighted by atomic mass is 32.1. The Morgan fingerprint density at radius 3 is 2.76 bits per heavy atom. The van der Waals surface area contributed by atoms with Gasteiger partial charge in [0.05, 0.1) is 12.2 Å². The summed E-state index contributed by atoms with van der Waals surface area (Å²) in [4.78, 5) is 27.7. The number of amides is 2. The molecular weight excluding hydrogens is 294 g/mol. The number of carbonyl (C=O) groups excluding carboxylic acids is 1. The molecule has 1 heterocycles. The molecule has 0 spiro atoms. The summed E-state index contributed by atoms with van der Waals surface area (Å²) >= 11 is 1.46. The Labute approximate surface area is 124 Å². The van der Waals surface area contributed by atoms with E-state index in [2.05, 4.69) is 15.6 Å². The molecule has 1 aromatic heterocycles. The molecule has 0 saturated heterocycles. The quantitative estimate of drug-likeness (QED) is 0.647. The lowest BCUT2D eigenvalue weighted by Crippen LogP contribution is -2.28. The molecule has 0 aliphatic heterocycles. The van der Waals surface area contributed by atoms with Crippen molar-refractivity contribution in [2.45, 2.75) is 13.5 Å². The van der Waals surface area contributed by atoms with Crippen LogP contribution >= 0.6 is 11.3 Å². The van der Waals surface area contributed by atoms with Crippen molar-refractivity contribution in [2.75, 3.05) is 5.32 Å². The number of carboxylic acids is 1. The lowest BCUT2D eigenvalue weighted by atomic mass is 10.2. The van der Waals surface area contributed by atoms with Gasteiger partial charge in [-0.25, -0.2) is 14.6 Å². The third-order valence-electron chi connectivity index (χ3n) is 2.58. The Morgan fingerprint density at radius 2 is 2.14 bits per heavy atom. The van der Waals surface area contributed by atoms with Gasteiger partial charge >= 0.3 is 12.0 Å². The average Bonchev–Trinajstić information content (AvgIpc) is 2.84. The number of aromatic carboxylic acids is 1. The second-order valence-electron chi connectivity index (χ2n) is 4.18. The summed E-state index contributed by atoms with van der Waals surface area (Å²) in [5, 5.41) is 24.4. The highest BCUT2D eigenvalue weighted by Crippen LogP contribution is 2.27. The molecule has 0 radical (unpaired) electrons. The zero-order chi connectivity index (χ0) is 15.4. The van der Waals surface area contributed by atoms with Crippen LogP contribution in [0.4, 0.5) is 10.5 Å². The molecule has 0 aliphatic rings. The van der Waals surface area contributed by atoms with E-state index in [4.69, 9.17) is 5.11 Å². The zero-order valence-corrected chi connectivity index (χ0v) is 11.9. The number of hydrogen-bond donors (Lipinski definition) is 4. The number of aryl methyl sites for hydroxylation is 1. The van der Waals surface area contributed by atoms with Crippen molar-refractivity contribution in [1.82, 2.24) is 10.3 Å². The number of aromatic hydroxyl groups is 1. The van der Waals surface area contributed by atoms with Crippen LogP contribution in [0.5, 0.6) is 5.75 Å². The normalized spacial score (nSPS) is 10.1. The fourth-order valence-corrected chi connectivity index (χ4v) is 2.35. The van der Waals surface area contributed by atoms with E-state index < -0.39 is 17.7 Å². The summed E-state index contributed by atoms with van der Waals surface area (Å²) in [5.41, 5.74) is -0.244. The van der Waals surface area contributed by atoms with Crippen molar-refractivity contribution < 1.29 is 19.8 Å². The number of anilines is 1. The van der Waals surface area contributed by atoms with Crippen molar-refractivity contribution in [3.8, 4) is 5.75 Å². The Bertz CT molecular complexity index is 684. The summed E-state index contributed by atoms with van der Waals surface area (Å²) in [6.45, 7) is 2.17. The van der Waals surface area contributed by atoms with Gasteiger partial charge in [-0.1, -0.05) is 6.07 Å². The van der Waals surface area contributed by atoms with Crippen LogP contribution in [0.25, 0.3) is 0 Å². The van der Waals surface area contributed by atoms with Gasteiger partial charge in [-0.2, -0.15) is 0 Å². The minimum Gasteiger partial charge on any atom is -0.505 e. The Morgan fingerprint density at radius 1 is 1.38 bits per heavy atom. The van der Waals surface area contributed by atoms with Crippen molar-refractivity contribution >= 4 is 29.0 Å². The van der Waals surface area contributed by atoms with Gasteiger partial charge in [-0.3, -0.25) is 0 Å². The number of carboxylic acid groups (broad SMARTS) is 1. The van der Waals surface area contributed by atoms with E-state index in [-0.39, 0.29) is 17.8 Å². The van der Waals surface area contributed by atoms with E-state index in [0.717, 1.165) is 9.88 Å². The van der Waals surface area contributed by atoms with Gasteiger partial charge in [0.1, 0.15) is 10.6 Å². The van der Waals surface area contributed by atoms with Gasteiger partial charge < -0.3 is 20.8 Å². The van der Waals surface area contributed by atoms with E-state index in [1.807, 2.05) is 6.92 Å². The SMILES string of the molecule is Cc1cnc(CNC(=O)Nc2cccc(C(=O)O)c2O)s1. The Hall–Kier alpha value is -2.61. The molecule has 0 fully saturated rings. The van der Waals surface area contributed by atoms with Crippen molar-refractivity contribution in [2.24, 2.45) is 0 Å². The largest absolute Gasteiger partial charge is 0.505 e. The fraction of sp³-hybridized carbons (Fsp3) is 0.154. The predicted molar refractivity (Wildman–Crippen MR) is 77.8 cm³/mol. The molecule has 2 amide bonds. The molecule has 110 valence electrons. The van der Waals surface area contributed by atoms with Crippen molar-refractivity contribution in [3.63, 3.8) is 0 Å². The number of phenols is 1. The number of thiazole rings is 1. The molecule has 7 nitrogen and oxygen atoms in total. The van der Waals surface area contributed by atoms with Crippen molar-refractivity contribution in [3.05, 3.63) is 39.8 Å². The molecule has 2 rings (SSSR count). The summed E-state index contributed by atoms with van der Waals surface area (Å²) < 4.78 is 0. The number of carbonyl (C=O) groups is 2. The highest BCUT2D eigenvalue weighted by molar-refractivity contribution is 7.11. The second kappa shape index (κ2) is 6.23. The molecule has 21 heavy (non-hydrogen) atoms. The van der Waals surface area contributed by atoms with Crippen LogP contribution in [0.2, 0.25) is 0 Å². The van der Waals surface area contributed by atoms with Crippen LogP contribution in [-0.4, -0.2) is 27.2 Å². The van der Waals surface area contributed by atoms with Gasteiger partial charge in [0, 0.05) is 11.1 Å². The number of aromatic nitrogens is 1. The number of para-hydroxylation sites is 1. The number of benzene rings is 1. The van der Waals surface area contributed by atoms with Gasteiger partial charge in [-0.05, 0) is 19.1 Å². The standard InChI is InChI=1S/C13H13N3O4S/c1-7-5-14-10(21-7)6-15-13(20)16-9-4-2-3-8(11(9)17)12(18)19/h2-5,17H,6H2,1H3,(H,18,19)(H2,15,16,20). The molecule has 4 N–H and O–H groups in total. The minimum atomic E-state index is -1.27. The maximum Gasteiger partial charge on any atom is 0.339 e. The van der Waals surface area contributed by atoms with Crippen LogP contribution in [0.1, 0.15) is 20.2 Å². The first-order valence-electron chi connectivity index (χ1n) is 5.99. The lowest BCUT2D eigenvalue weighted by molar-refractivity contribution is 0.0693. The van der Waals surface area contributed by atoms with E-state index >= 15 is 0 Å². The molecule has 8 heteroatoms. The van der Waals surface area contributed by atoms with E-state index in [0.29, 0.717) is 0 Å². The van der Waals surface area contributed by atoms with Gasteiger partial charge in [0.15, 0.2) is 5.75 Å². The first-order chi connectivity index (χ1) is 9.97. The predicted octanol–water partition coefficient (Wildman–Crippen LogP) is 2.18. The maximum atomic E-state index is 11.7. The zero-order valence-electron chi connectivity index (χ0n) is 11.1. The van der Waals surface area contributed by atoms with Crippen LogP contribution in [0, 0.1) is 6.92 Å². The summed E-state index contributed by atoms with van der Waals surface area (Å²) in [6.07, 6.45) is 1.71. The number of rotatable bonds is 4. The number of nitrogens with one attached hydrogen (secondary N) is 2. The van der Waals surface area contributed by atoms with Crippen LogP contribution in [0.15, 0.2) is 24.4 Å². The summed E-state index contributed by atoms with van der Waals surface area (Å²) in [6, 6.07) is 3.54. The number of urea groups is 1. The van der Waals surface area contributed by atoms with E-state index in [1.165, 1.54) is 29.5 Å². The molecule has 0 unspecified atom stereocenters. The molecule has 1 aromatic carbocycles. The average molecular weight is 307 g/mol. The smallest absolute Gasteiger partial charge is 0.339 e. The van der Waals surface area contributed by atoms with Crippen molar-refractivity contribution in [1.29, 1.82) is 0 Å². The maximum absolute atomic E-state index is 11.7. The van der Waals surface area contributed by atoms with E-state index in [9.17, 15) is 14.7 Å². The number of nitrogens with zero attached hydrogens (tertiary/aromatic N) is 1.